The van der Waals surface area contributed by atoms with Crippen LogP contribution in [0.3, 0.4) is 0 Å². The number of carbonyl (C=O) groups is 1. The molecule has 0 aliphatic carbocycles. The second-order valence-electron chi connectivity index (χ2n) is 5.27. The fourth-order valence-corrected chi connectivity index (χ4v) is 2.81. The zero-order valence-electron chi connectivity index (χ0n) is 12.2. The molecule has 2 heterocycles. The molecule has 1 aromatic heterocycles. The third-order valence-corrected chi connectivity index (χ3v) is 4.22. The third-order valence-electron chi connectivity index (χ3n) is 3.70. The largest absolute Gasteiger partial charge is 0.457 e. The van der Waals surface area contributed by atoms with Crippen LogP contribution in [-0.4, -0.2) is 24.0 Å². The topological polar surface area (TPSA) is 42.4 Å². The molecular weight excluding hydrogens is 344 g/mol. The Balaban J connectivity index is 1.70. The molecule has 0 unspecified atom stereocenters. The molecular formula is C17H17BrN2O2. The molecule has 0 atom stereocenters. The van der Waals surface area contributed by atoms with Crippen LogP contribution in [0.5, 0.6) is 0 Å². The van der Waals surface area contributed by atoms with Crippen LogP contribution in [0.1, 0.15) is 28.8 Å². The predicted octanol–water partition coefficient (Wildman–Crippen LogP) is 3.80. The lowest BCUT2D eigenvalue weighted by Gasteiger charge is -2.19. The van der Waals surface area contributed by atoms with E-state index in [0.29, 0.717) is 5.56 Å². The average molecular weight is 361 g/mol. The number of pyridine rings is 1. The fraction of sp³-hybridized carbons (Fsp3) is 0.294. The lowest BCUT2D eigenvalue weighted by molar-refractivity contribution is 0.0473. The van der Waals surface area contributed by atoms with Gasteiger partial charge >= 0.3 is 5.97 Å². The van der Waals surface area contributed by atoms with Crippen LogP contribution in [0.4, 0.5) is 5.82 Å². The number of benzene rings is 1. The van der Waals surface area contributed by atoms with Crippen LogP contribution in [0.15, 0.2) is 47.1 Å². The van der Waals surface area contributed by atoms with Crippen molar-refractivity contribution in [2.75, 3.05) is 18.0 Å². The minimum atomic E-state index is -0.321. The molecule has 0 spiro atoms. The highest BCUT2D eigenvalue weighted by Crippen LogP contribution is 2.23. The second kappa shape index (κ2) is 6.92. The first-order chi connectivity index (χ1) is 10.7. The van der Waals surface area contributed by atoms with Crippen molar-refractivity contribution in [3.05, 3.63) is 58.2 Å². The molecule has 0 saturated carbocycles. The Morgan fingerprint density at radius 3 is 2.64 bits per heavy atom. The number of nitrogens with zero attached hydrogens (tertiary/aromatic N) is 2. The van der Waals surface area contributed by atoms with E-state index in [1.165, 1.54) is 0 Å². The summed E-state index contributed by atoms with van der Waals surface area (Å²) in [6, 6.07) is 11.3. The number of rotatable bonds is 4. The Kier molecular flexibility index (Phi) is 4.73. The van der Waals surface area contributed by atoms with Crippen molar-refractivity contribution in [1.82, 2.24) is 4.98 Å². The van der Waals surface area contributed by atoms with Gasteiger partial charge in [-0.2, -0.15) is 0 Å². The summed E-state index contributed by atoms with van der Waals surface area (Å²) in [5.74, 6) is 0.415. The van der Waals surface area contributed by atoms with Crippen molar-refractivity contribution >= 4 is 27.7 Å². The van der Waals surface area contributed by atoms with Crippen molar-refractivity contribution in [1.29, 1.82) is 0 Å². The van der Waals surface area contributed by atoms with Gasteiger partial charge in [0.25, 0.3) is 0 Å². The van der Waals surface area contributed by atoms with Gasteiger partial charge in [-0.3, -0.25) is 0 Å². The van der Waals surface area contributed by atoms with Gasteiger partial charge in [0.1, 0.15) is 18.0 Å². The highest BCUT2D eigenvalue weighted by molar-refractivity contribution is 9.10. The summed E-state index contributed by atoms with van der Waals surface area (Å²) in [4.78, 5) is 18.9. The van der Waals surface area contributed by atoms with Gasteiger partial charge in [-0.15, -0.1) is 0 Å². The quantitative estimate of drug-likeness (QED) is 0.777. The summed E-state index contributed by atoms with van der Waals surface area (Å²) < 4.78 is 6.44. The number of ether oxygens (including phenoxy) is 1. The Morgan fingerprint density at radius 2 is 1.91 bits per heavy atom. The van der Waals surface area contributed by atoms with Gasteiger partial charge in [-0.05, 0) is 42.7 Å². The molecule has 0 radical (unpaired) electrons. The number of anilines is 1. The molecule has 0 bridgehead atoms. The summed E-state index contributed by atoms with van der Waals surface area (Å²) >= 11 is 3.39. The lowest BCUT2D eigenvalue weighted by Crippen LogP contribution is -2.22. The Morgan fingerprint density at radius 1 is 1.18 bits per heavy atom. The van der Waals surface area contributed by atoms with Gasteiger partial charge in [0, 0.05) is 23.8 Å². The van der Waals surface area contributed by atoms with Crippen LogP contribution in [0, 0.1) is 0 Å². The smallest absolute Gasteiger partial charge is 0.342 e. The zero-order valence-corrected chi connectivity index (χ0v) is 13.8. The third kappa shape index (κ3) is 3.47. The molecule has 1 aromatic carbocycles. The van der Waals surface area contributed by atoms with Gasteiger partial charge in [-0.25, -0.2) is 9.78 Å². The molecule has 1 fully saturated rings. The van der Waals surface area contributed by atoms with E-state index in [1.807, 2.05) is 24.3 Å². The normalized spacial score (nSPS) is 14.1. The highest BCUT2D eigenvalue weighted by atomic mass is 79.9. The summed E-state index contributed by atoms with van der Waals surface area (Å²) in [6.07, 6.45) is 4.01. The maximum atomic E-state index is 12.4. The van der Waals surface area contributed by atoms with Crippen LogP contribution in [-0.2, 0) is 11.3 Å². The lowest BCUT2D eigenvalue weighted by atomic mass is 10.2. The van der Waals surface area contributed by atoms with E-state index >= 15 is 0 Å². The first kappa shape index (κ1) is 15.0. The summed E-state index contributed by atoms with van der Waals surface area (Å²) in [5.41, 5.74) is 1.50. The second-order valence-corrected chi connectivity index (χ2v) is 6.19. The average Bonchev–Trinajstić information content (AvgIpc) is 3.08. The van der Waals surface area contributed by atoms with Crippen molar-refractivity contribution in [2.45, 2.75) is 19.4 Å². The van der Waals surface area contributed by atoms with E-state index in [-0.39, 0.29) is 12.6 Å². The Labute approximate surface area is 138 Å². The number of esters is 1. The molecule has 114 valence electrons. The Hall–Kier alpha value is -1.88. The van der Waals surface area contributed by atoms with Crippen LogP contribution in [0.25, 0.3) is 0 Å². The minimum Gasteiger partial charge on any atom is -0.457 e. The number of halogens is 1. The van der Waals surface area contributed by atoms with E-state index in [0.717, 1.165) is 41.8 Å². The molecule has 22 heavy (non-hydrogen) atoms. The Bertz CT molecular complexity index is 652. The number of carbonyl (C=O) groups excluding carboxylic acids is 1. The zero-order chi connectivity index (χ0) is 15.4. The van der Waals surface area contributed by atoms with Gasteiger partial charge in [0.2, 0.25) is 0 Å². The predicted molar refractivity (Wildman–Crippen MR) is 88.9 cm³/mol. The molecule has 1 aliphatic heterocycles. The number of hydrogen-bond donors (Lipinski definition) is 0. The fourth-order valence-electron chi connectivity index (χ4n) is 2.54. The molecule has 1 saturated heterocycles. The summed E-state index contributed by atoms with van der Waals surface area (Å²) in [6.45, 7) is 2.16. The minimum absolute atomic E-state index is 0.264. The van der Waals surface area contributed by atoms with Crippen molar-refractivity contribution in [3.8, 4) is 0 Å². The molecule has 3 rings (SSSR count). The molecule has 0 N–H and O–H groups in total. The standard InChI is InChI=1S/C17H17BrN2O2/c18-14-7-5-13(6-8-14)12-22-17(21)15-4-3-9-19-16(15)20-10-1-2-11-20/h3-9H,1-2,10-12H2. The van der Waals surface area contributed by atoms with Gasteiger partial charge in [0.15, 0.2) is 0 Å². The van der Waals surface area contributed by atoms with Gasteiger partial charge in [-0.1, -0.05) is 28.1 Å². The molecule has 0 amide bonds. The number of aromatic nitrogens is 1. The maximum absolute atomic E-state index is 12.4. The van der Waals surface area contributed by atoms with Crippen molar-refractivity contribution in [3.63, 3.8) is 0 Å². The van der Waals surface area contributed by atoms with E-state index in [1.54, 1.807) is 18.3 Å². The summed E-state index contributed by atoms with van der Waals surface area (Å²) in [5, 5.41) is 0. The highest BCUT2D eigenvalue weighted by Gasteiger charge is 2.21. The van der Waals surface area contributed by atoms with Gasteiger partial charge < -0.3 is 9.64 Å². The van der Waals surface area contributed by atoms with Crippen LogP contribution < -0.4 is 4.90 Å². The molecule has 2 aromatic rings. The van der Waals surface area contributed by atoms with E-state index in [2.05, 4.69) is 25.8 Å². The van der Waals surface area contributed by atoms with E-state index in [9.17, 15) is 4.79 Å². The molecule has 5 heteroatoms. The van der Waals surface area contributed by atoms with E-state index in [4.69, 9.17) is 4.74 Å². The van der Waals surface area contributed by atoms with Crippen LogP contribution in [0.2, 0.25) is 0 Å². The SMILES string of the molecule is O=C(OCc1ccc(Br)cc1)c1cccnc1N1CCCC1. The van der Waals surface area contributed by atoms with E-state index < -0.39 is 0 Å². The van der Waals surface area contributed by atoms with Gasteiger partial charge in [0.05, 0.1) is 0 Å². The maximum Gasteiger partial charge on any atom is 0.342 e. The molecule has 4 nitrogen and oxygen atoms in total. The summed E-state index contributed by atoms with van der Waals surface area (Å²) in [7, 11) is 0. The first-order valence-electron chi connectivity index (χ1n) is 7.35. The monoisotopic (exact) mass is 360 g/mol. The van der Waals surface area contributed by atoms with Crippen molar-refractivity contribution < 1.29 is 9.53 Å². The van der Waals surface area contributed by atoms with Crippen molar-refractivity contribution in [2.24, 2.45) is 0 Å². The molecule has 1 aliphatic rings. The number of hydrogen-bond acceptors (Lipinski definition) is 4. The first-order valence-corrected chi connectivity index (χ1v) is 8.15. The van der Waals surface area contributed by atoms with Crippen LogP contribution >= 0.6 is 15.9 Å².